The number of hydrogen-bond donors (Lipinski definition) is 0. The summed E-state index contributed by atoms with van der Waals surface area (Å²) in [6.07, 6.45) is -0.0400. The first-order valence-electron chi connectivity index (χ1n) is 5.22. The average Bonchev–Trinajstić information content (AvgIpc) is 2.61. The Kier molecular flexibility index (Phi) is 3.19. The molecule has 1 aromatic rings. The molecule has 0 saturated carbocycles. The van der Waals surface area contributed by atoms with Gasteiger partial charge in [-0.2, -0.15) is 0 Å². The fourth-order valence-electron chi connectivity index (χ4n) is 1.67. The van der Waals surface area contributed by atoms with Crippen LogP contribution in [0.5, 0.6) is 5.75 Å². The largest absolute Gasteiger partial charge is 0.478 e. The van der Waals surface area contributed by atoms with Gasteiger partial charge in [0.25, 0.3) is 0 Å². The molecule has 1 heterocycles. The third-order valence-electron chi connectivity index (χ3n) is 2.35. The number of hydrogen-bond acceptors (Lipinski definition) is 3. The Balaban J connectivity index is 2.11. The van der Waals surface area contributed by atoms with Crippen LogP contribution < -0.4 is 4.74 Å². The van der Waals surface area contributed by atoms with E-state index < -0.39 is 6.10 Å². The van der Waals surface area contributed by atoms with Crippen LogP contribution >= 0.6 is 15.9 Å². The molecule has 16 heavy (non-hydrogen) atoms. The molecule has 0 amide bonds. The van der Waals surface area contributed by atoms with Gasteiger partial charge in [0, 0.05) is 16.5 Å². The first-order chi connectivity index (χ1) is 7.58. The minimum atomic E-state index is -0.504. The van der Waals surface area contributed by atoms with Crippen molar-refractivity contribution in [2.45, 2.75) is 32.5 Å². The molecule has 1 aromatic carbocycles. The second-order valence-electron chi connectivity index (χ2n) is 4.01. The lowest BCUT2D eigenvalue weighted by atomic mass is 10.1. The Hall–Kier alpha value is -1.03. The van der Waals surface area contributed by atoms with Crippen molar-refractivity contribution in [2.24, 2.45) is 0 Å². The number of rotatable bonds is 2. The van der Waals surface area contributed by atoms with E-state index in [2.05, 4.69) is 15.9 Å². The zero-order valence-electron chi connectivity index (χ0n) is 9.20. The van der Waals surface area contributed by atoms with Crippen LogP contribution in [0.2, 0.25) is 0 Å². The molecule has 3 nitrogen and oxygen atoms in total. The third kappa shape index (κ3) is 2.21. The van der Waals surface area contributed by atoms with Crippen molar-refractivity contribution < 1.29 is 14.3 Å². The Morgan fingerprint density at radius 3 is 2.94 bits per heavy atom. The maximum Gasteiger partial charge on any atom is 0.347 e. The summed E-state index contributed by atoms with van der Waals surface area (Å²) in [6, 6.07) is 5.69. The molecule has 2 rings (SSSR count). The minimum absolute atomic E-state index is 0.108. The van der Waals surface area contributed by atoms with Crippen LogP contribution in [0.1, 0.15) is 19.4 Å². The molecule has 0 aliphatic carbocycles. The Morgan fingerprint density at radius 2 is 2.31 bits per heavy atom. The quantitative estimate of drug-likeness (QED) is 0.784. The van der Waals surface area contributed by atoms with E-state index in [0.29, 0.717) is 6.42 Å². The van der Waals surface area contributed by atoms with E-state index in [-0.39, 0.29) is 12.1 Å². The highest BCUT2D eigenvalue weighted by atomic mass is 79.9. The molecule has 1 aliphatic rings. The van der Waals surface area contributed by atoms with Gasteiger partial charge in [0.15, 0.2) is 6.10 Å². The number of carbonyl (C=O) groups is 1. The van der Waals surface area contributed by atoms with Gasteiger partial charge in [-0.05, 0) is 26.0 Å². The van der Waals surface area contributed by atoms with Gasteiger partial charge in [-0.3, -0.25) is 0 Å². The first-order valence-corrected chi connectivity index (χ1v) is 6.01. The minimum Gasteiger partial charge on any atom is -0.478 e. The molecule has 0 saturated heterocycles. The zero-order chi connectivity index (χ0) is 11.7. The van der Waals surface area contributed by atoms with Gasteiger partial charge in [-0.1, -0.05) is 22.0 Å². The number of ether oxygens (including phenoxy) is 2. The number of benzene rings is 1. The summed E-state index contributed by atoms with van der Waals surface area (Å²) in [7, 11) is 0. The van der Waals surface area contributed by atoms with Crippen LogP contribution in [0.4, 0.5) is 0 Å². The molecule has 1 aliphatic heterocycles. The molecule has 0 fully saturated rings. The number of fused-ring (bicyclic) bond motifs is 1. The molecule has 0 N–H and O–H groups in total. The highest BCUT2D eigenvalue weighted by Crippen LogP contribution is 2.34. The van der Waals surface area contributed by atoms with Crippen LogP contribution in [-0.4, -0.2) is 18.2 Å². The molecule has 0 spiro atoms. The predicted octanol–water partition coefficient (Wildman–Crippen LogP) is 2.70. The van der Waals surface area contributed by atoms with Gasteiger partial charge in [0.2, 0.25) is 0 Å². The van der Waals surface area contributed by atoms with Gasteiger partial charge in [0.05, 0.1) is 6.10 Å². The smallest absolute Gasteiger partial charge is 0.347 e. The van der Waals surface area contributed by atoms with Crippen LogP contribution in [0.25, 0.3) is 0 Å². The maximum atomic E-state index is 11.7. The Labute approximate surface area is 103 Å². The van der Waals surface area contributed by atoms with Crippen molar-refractivity contribution in [3.63, 3.8) is 0 Å². The van der Waals surface area contributed by atoms with Gasteiger partial charge in [-0.25, -0.2) is 4.79 Å². The van der Waals surface area contributed by atoms with Crippen LogP contribution in [0.3, 0.4) is 0 Å². The van der Waals surface area contributed by atoms with Crippen LogP contribution in [0.15, 0.2) is 22.7 Å². The zero-order valence-corrected chi connectivity index (χ0v) is 10.8. The highest BCUT2D eigenvalue weighted by Gasteiger charge is 2.31. The molecular weight excluding hydrogens is 272 g/mol. The maximum absolute atomic E-state index is 11.7. The molecule has 1 unspecified atom stereocenters. The second-order valence-corrected chi connectivity index (χ2v) is 4.87. The van der Waals surface area contributed by atoms with E-state index in [1.165, 1.54) is 0 Å². The number of halogens is 1. The lowest BCUT2D eigenvalue weighted by molar-refractivity contribution is -0.154. The third-order valence-corrected chi connectivity index (χ3v) is 3.09. The summed E-state index contributed by atoms with van der Waals surface area (Å²) in [5.74, 6) is 0.471. The normalized spacial score (nSPS) is 18.1. The standard InChI is InChI=1S/C12H13BrO3/c1-7(2)15-12(14)11-6-8-9(13)4-3-5-10(8)16-11/h3-5,7,11H,6H2,1-2H3. The van der Waals surface area contributed by atoms with Gasteiger partial charge in [0.1, 0.15) is 5.75 Å². The molecule has 86 valence electrons. The Bertz CT molecular complexity index is 415. The molecule has 0 bridgehead atoms. The van der Waals surface area contributed by atoms with E-state index in [0.717, 1.165) is 15.8 Å². The van der Waals surface area contributed by atoms with Gasteiger partial charge in [-0.15, -0.1) is 0 Å². The van der Waals surface area contributed by atoms with Crippen LogP contribution in [-0.2, 0) is 16.0 Å². The molecule has 4 heteroatoms. The summed E-state index contributed by atoms with van der Waals surface area (Å²) < 4.78 is 11.6. The summed E-state index contributed by atoms with van der Waals surface area (Å²) in [4.78, 5) is 11.7. The van der Waals surface area contributed by atoms with Crippen molar-refractivity contribution in [1.29, 1.82) is 0 Å². The first kappa shape index (κ1) is 11.5. The molecular formula is C12H13BrO3. The van der Waals surface area contributed by atoms with Crippen molar-refractivity contribution >= 4 is 21.9 Å². The lowest BCUT2D eigenvalue weighted by Crippen LogP contribution is -2.29. The topological polar surface area (TPSA) is 35.5 Å². The summed E-state index contributed by atoms with van der Waals surface area (Å²) in [5, 5.41) is 0. The van der Waals surface area contributed by atoms with Gasteiger partial charge < -0.3 is 9.47 Å². The van der Waals surface area contributed by atoms with Crippen molar-refractivity contribution in [3.05, 3.63) is 28.2 Å². The molecule has 0 radical (unpaired) electrons. The fraction of sp³-hybridized carbons (Fsp3) is 0.417. The second kappa shape index (κ2) is 4.45. The summed E-state index contributed by atoms with van der Waals surface area (Å²) in [6.45, 7) is 3.66. The van der Waals surface area contributed by atoms with E-state index >= 15 is 0 Å². The predicted molar refractivity (Wildman–Crippen MR) is 63.5 cm³/mol. The van der Waals surface area contributed by atoms with Crippen molar-refractivity contribution in [1.82, 2.24) is 0 Å². The van der Waals surface area contributed by atoms with E-state index in [1.54, 1.807) is 0 Å². The summed E-state index contributed by atoms with van der Waals surface area (Å²) in [5.41, 5.74) is 1.04. The molecule has 1 atom stereocenters. The number of carbonyl (C=O) groups excluding carboxylic acids is 1. The molecule has 0 aromatic heterocycles. The van der Waals surface area contributed by atoms with E-state index in [1.807, 2.05) is 32.0 Å². The average molecular weight is 285 g/mol. The Morgan fingerprint density at radius 1 is 1.56 bits per heavy atom. The van der Waals surface area contributed by atoms with E-state index in [9.17, 15) is 4.79 Å². The van der Waals surface area contributed by atoms with Crippen molar-refractivity contribution in [2.75, 3.05) is 0 Å². The summed E-state index contributed by atoms with van der Waals surface area (Å²) >= 11 is 3.44. The SMILES string of the molecule is CC(C)OC(=O)C1Cc2c(Br)cccc2O1. The van der Waals surface area contributed by atoms with Gasteiger partial charge >= 0.3 is 5.97 Å². The highest BCUT2D eigenvalue weighted by molar-refractivity contribution is 9.10. The fourth-order valence-corrected chi connectivity index (χ4v) is 2.18. The van der Waals surface area contributed by atoms with Crippen molar-refractivity contribution in [3.8, 4) is 5.75 Å². The van der Waals surface area contributed by atoms with Crippen LogP contribution in [0, 0.1) is 0 Å². The lowest BCUT2D eigenvalue weighted by Gasteiger charge is -2.12. The number of esters is 1. The van der Waals surface area contributed by atoms with E-state index in [4.69, 9.17) is 9.47 Å². The monoisotopic (exact) mass is 284 g/mol.